The molecule has 0 saturated carbocycles. The summed E-state index contributed by atoms with van der Waals surface area (Å²) in [5, 5.41) is 30.3. The van der Waals surface area contributed by atoms with Crippen LogP contribution in [-0.4, -0.2) is 97.5 Å². The number of aliphatic hydroxyl groups is 3. The first-order valence-corrected chi connectivity index (χ1v) is 19.0. The minimum absolute atomic E-state index is 0.0275. The number of carbonyl (C=O) groups is 1. The number of hydrogen-bond acceptors (Lipinski definition) is 11. The molecule has 0 aliphatic carbocycles. The standard InChI is InChI=1S/C34H62O12S/c1-3-5-7-8-9-10-11-12-13-14-15-16-17-18-19-20-22-24-42-26-28(44-30(36)23-21-6-4-2)27-43-34-32(38)33(46-47(39,40)41)31(37)29(25-35)45-34/h10-11,13-14,28-29,31-35,37-38H,3-9,12,15-27H2,1-2H3,(H,39,40,41)/b11-10-,14-13-. The summed E-state index contributed by atoms with van der Waals surface area (Å²) in [7, 11) is -5.05. The summed E-state index contributed by atoms with van der Waals surface area (Å²) in [4.78, 5) is 12.4. The van der Waals surface area contributed by atoms with E-state index in [1.807, 2.05) is 6.92 Å². The molecule has 0 spiro atoms. The molecule has 1 aliphatic heterocycles. The van der Waals surface area contributed by atoms with Gasteiger partial charge in [0, 0.05) is 13.0 Å². The summed E-state index contributed by atoms with van der Waals surface area (Å²) >= 11 is 0. The Morgan fingerprint density at radius 3 is 2.02 bits per heavy atom. The van der Waals surface area contributed by atoms with Crippen molar-refractivity contribution in [1.29, 1.82) is 0 Å². The Labute approximate surface area is 282 Å². The molecule has 0 aromatic carbocycles. The number of ether oxygens (including phenoxy) is 4. The zero-order valence-corrected chi connectivity index (χ0v) is 29.4. The molecule has 12 nitrogen and oxygen atoms in total. The molecule has 0 aromatic heterocycles. The number of aliphatic hydroxyl groups excluding tert-OH is 3. The molecule has 276 valence electrons. The molecule has 0 radical (unpaired) electrons. The van der Waals surface area contributed by atoms with Crippen LogP contribution in [0.1, 0.15) is 123 Å². The van der Waals surface area contributed by atoms with Crippen molar-refractivity contribution in [2.24, 2.45) is 0 Å². The van der Waals surface area contributed by atoms with E-state index in [1.54, 1.807) is 0 Å². The van der Waals surface area contributed by atoms with Crippen molar-refractivity contribution in [3.8, 4) is 0 Å². The van der Waals surface area contributed by atoms with E-state index in [2.05, 4.69) is 35.4 Å². The van der Waals surface area contributed by atoms with Gasteiger partial charge in [-0.15, -0.1) is 0 Å². The van der Waals surface area contributed by atoms with E-state index in [-0.39, 0.29) is 19.6 Å². The predicted molar refractivity (Wildman–Crippen MR) is 179 cm³/mol. The molecule has 0 amide bonds. The van der Waals surface area contributed by atoms with Gasteiger partial charge in [-0.3, -0.25) is 9.35 Å². The van der Waals surface area contributed by atoms with Gasteiger partial charge in [0.05, 0.1) is 19.8 Å². The van der Waals surface area contributed by atoms with Gasteiger partial charge in [-0.05, 0) is 44.9 Å². The second kappa shape index (κ2) is 27.4. The SMILES string of the molecule is CCCCCC/C=C\C/C=C\CCCCCCCCOCC(COC1OC(CO)C(O)C(OS(=O)(=O)O)C1O)OC(=O)CCCCC. The second-order valence-corrected chi connectivity index (χ2v) is 13.2. The molecule has 6 atom stereocenters. The molecule has 1 rings (SSSR count). The normalized spacial score (nSPS) is 22.7. The third kappa shape index (κ3) is 22.0. The van der Waals surface area contributed by atoms with Gasteiger partial charge in [-0.25, -0.2) is 4.18 Å². The van der Waals surface area contributed by atoms with E-state index in [1.165, 1.54) is 44.9 Å². The molecule has 1 aliphatic rings. The highest BCUT2D eigenvalue weighted by molar-refractivity contribution is 7.80. The van der Waals surface area contributed by atoms with Gasteiger partial charge in [-0.2, -0.15) is 8.42 Å². The summed E-state index contributed by atoms with van der Waals surface area (Å²) in [5.74, 6) is -0.430. The van der Waals surface area contributed by atoms with Crippen molar-refractivity contribution >= 4 is 16.4 Å². The highest BCUT2D eigenvalue weighted by atomic mass is 32.3. The van der Waals surface area contributed by atoms with Gasteiger partial charge >= 0.3 is 16.4 Å². The van der Waals surface area contributed by atoms with E-state index in [9.17, 15) is 28.5 Å². The van der Waals surface area contributed by atoms with Crippen LogP contribution in [0.3, 0.4) is 0 Å². The first-order valence-electron chi connectivity index (χ1n) is 17.6. The average Bonchev–Trinajstić information content (AvgIpc) is 3.03. The van der Waals surface area contributed by atoms with Crippen LogP contribution in [0.4, 0.5) is 0 Å². The highest BCUT2D eigenvalue weighted by Crippen LogP contribution is 2.26. The zero-order valence-electron chi connectivity index (χ0n) is 28.6. The van der Waals surface area contributed by atoms with Crippen molar-refractivity contribution in [3.05, 3.63) is 24.3 Å². The maximum atomic E-state index is 12.4. The Balaban J connectivity index is 2.38. The quantitative estimate of drug-likeness (QED) is 0.0342. The smallest absolute Gasteiger partial charge is 0.397 e. The first kappa shape index (κ1) is 43.6. The maximum absolute atomic E-state index is 12.4. The minimum Gasteiger partial charge on any atom is -0.457 e. The fourth-order valence-electron chi connectivity index (χ4n) is 5.11. The Morgan fingerprint density at radius 2 is 1.40 bits per heavy atom. The van der Waals surface area contributed by atoms with Gasteiger partial charge < -0.3 is 34.3 Å². The topological polar surface area (TPSA) is 178 Å². The van der Waals surface area contributed by atoms with Crippen molar-refractivity contribution in [1.82, 2.24) is 0 Å². The Morgan fingerprint density at radius 1 is 0.809 bits per heavy atom. The molecular formula is C34H62O12S. The van der Waals surface area contributed by atoms with Crippen LogP contribution < -0.4 is 0 Å². The highest BCUT2D eigenvalue weighted by Gasteiger charge is 2.48. The lowest BCUT2D eigenvalue weighted by atomic mass is 9.99. The molecule has 6 unspecified atom stereocenters. The van der Waals surface area contributed by atoms with Crippen LogP contribution in [0.25, 0.3) is 0 Å². The Hall–Kier alpha value is -1.42. The number of allylic oxidation sites excluding steroid dienone is 4. The summed E-state index contributed by atoms with van der Waals surface area (Å²) < 4.78 is 58.2. The number of carbonyl (C=O) groups excluding carboxylic acids is 1. The van der Waals surface area contributed by atoms with Crippen molar-refractivity contribution in [2.45, 2.75) is 160 Å². The summed E-state index contributed by atoms with van der Waals surface area (Å²) in [6.07, 6.45) is 17.5. The molecule has 13 heteroatoms. The van der Waals surface area contributed by atoms with Crippen LogP contribution in [-0.2, 0) is 38.3 Å². The second-order valence-electron chi connectivity index (χ2n) is 12.1. The van der Waals surface area contributed by atoms with Gasteiger partial charge in [0.2, 0.25) is 0 Å². The average molecular weight is 695 g/mol. The van der Waals surface area contributed by atoms with Gasteiger partial charge in [0.1, 0.15) is 30.5 Å². The lowest BCUT2D eigenvalue weighted by Gasteiger charge is -2.41. The molecular weight excluding hydrogens is 632 g/mol. The van der Waals surface area contributed by atoms with Crippen molar-refractivity contribution in [2.75, 3.05) is 26.4 Å². The van der Waals surface area contributed by atoms with Crippen molar-refractivity contribution < 1.29 is 56.2 Å². The van der Waals surface area contributed by atoms with Crippen LogP contribution in [0.2, 0.25) is 0 Å². The summed E-state index contributed by atoms with van der Waals surface area (Å²) in [6.45, 7) is 3.72. The fraction of sp³-hybridized carbons (Fsp3) is 0.853. The molecule has 1 fully saturated rings. The number of unbranched alkanes of at least 4 members (excludes halogenated alkanes) is 12. The van der Waals surface area contributed by atoms with Crippen LogP contribution >= 0.6 is 0 Å². The third-order valence-corrected chi connectivity index (χ3v) is 8.29. The fourth-order valence-corrected chi connectivity index (χ4v) is 5.62. The largest absolute Gasteiger partial charge is 0.457 e. The van der Waals surface area contributed by atoms with Crippen LogP contribution in [0, 0.1) is 0 Å². The van der Waals surface area contributed by atoms with Crippen molar-refractivity contribution in [3.63, 3.8) is 0 Å². The van der Waals surface area contributed by atoms with Crippen LogP contribution in [0.5, 0.6) is 0 Å². The van der Waals surface area contributed by atoms with Crippen LogP contribution in [0.15, 0.2) is 24.3 Å². The molecule has 0 bridgehead atoms. The van der Waals surface area contributed by atoms with Gasteiger partial charge in [0.15, 0.2) is 6.29 Å². The molecule has 1 heterocycles. The predicted octanol–water partition coefficient (Wildman–Crippen LogP) is 5.34. The Kier molecular flexibility index (Phi) is 25.4. The van der Waals surface area contributed by atoms with Gasteiger partial charge in [0.25, 0.3) is 0 Å². The van der Waals surface area contributed by atoms with Gasteiger partial charge in [-0.1, -0.05) is 95.9 Å². The van der Waals surface area contributed by atoms with E-state index in [0.717, 1.165) is 51.4 Å². The molecule has 1 saturated heterocycles. The van der Waals surface area contributed by atoms with E-state index in [0.29, 0.717) is 13.0 Å². The molecule has 47 heavy (non-hydrogen) atoms. The number of hydrogen-bond donors (Lipinski definition) is 4. The third-order valence-electron chi connectivity index (χ3n) is 7.83. The number of rotatable bonds is 29. The molecule has 4 N–H and O–H groups in total. The van der Waals surface area contributed by atoms with E-state index in [4.69, 9.17) is 23.5 Å². The van der Waals surface area contributed by atoms with E-state index < -0.39 is 59.8 Å². The first-order chi connectivity index (χ1) is 22.6. The monoisotopic (exact) mass is 694 g/mol. The lowest BCUT2D eigenvalue weighted by Crippen LogP contribution is -2.60. The molecule has 0 aromatic rings. The lowest BCUT2D eigenvalue weighted by molar-refractivity contribution is -0.301. The summed E-state index contributed by atoms with van der Waals surface area (Å²) in [6, 6.07) is 0. The number of esters is 1. The minimum atomic E-state index is -5.05. The van der Waals surface area contributed by atoms with E-state index >= 15 is 0 Å². The maximum Gasteiger partial charge on any atom is 0.397 e. The summed E-state index contributed by atoms with van der Waals surface area (Å²) in [5.41, 5.74) is 0. The zero-order chi connectivity index (χ0) is 34.8. The Bertz CT molecular complexity index is 941.